The largest absolute Gasteiger partial charge is 0.573 e. The molecule has 0 spiro atoms. The summed E-state index contributed by atoms with van der Waals surface area (Å²) in [7, 11) is 0. The molecule has 6 heteroatoms. The number of carbonyl (C=O) groups excluding carboxylic acids is 1. The van der Waals surface area contributed by atoms with E-state index < -0.39 is 6.36 Å². The number of hydrogen-bond donors (Lipinski definition) is 0. The summed E-state index contributed by atoms with van der Waals surface area (Å²) >= 11 is 5.34. The highest BCUT2D eigenvalue weighted by molar-refractivity contribution is 6.27. The standard InChI is InChI=1S/C11H10ClF3O2/c1-7-4-8(5-9(16)6-12)2-3-10(7)17-11(13,14)15/h2-4H,5-6H2,1H3. The van der Waals surface area contributed by atoms with Gasteiger partial charge in [0.05, 0.1) is 5.88 Å². The van der Waals surface area contributed by atoms with Crippen LogP contribution in [-0.2, 0) is 11.2 Å². The third-order valence-corrected chi connectivity index (χ3v) is 2.31. The molecule has 0 unspecified atom stereocenters. The number of halogens is 4. The third kappa shape index (κ3) is 4.65. The predicted molar refractivity (Wildman–Crippen MR) is 57.3 cm³/mol. The highest BCUT2D eigenvalue weighted by Gasteiger charge is 2.31. The maximum absolute atomic E-state index is 12.0. The summed E-state index contributed by atoms with van der Waals surface area (Å²) in [5.74, 6) is -0.560. The van der Waals surface area contributed by atoms with Crippen molar-refractivity contribution in [3.05, 3.63) is 29.3 Å². The summed E-state index contributed by atoms with van der Waals surface area (Å²) in [6.07, 6.45) is -4.60. The lowest BCUT2D eigenvalue weighted by Crippen LogP contribution is -2.17. The highest BCUT2D eigenvalue weighted by Crippen LogP contribution is 2.26. The van der Waals surface area contributed by atoms with Gasteiger partial charge in [-0.2, -0.15) is 0 Å². The minimum absolute atomic E-state index is 0.108. The van der Waals surface area contributed by atoms with Crippen molar-refractivity contribution in [1.82, 2.24) is 0 Å². The minimum atomic E-state index is -4.71. The molecular weight excluding hydrogens is 257 g/mol. The first-order valence-corrected chi connectivity index (χ1v) is 5.28. The van der Waals surface area contributed by atoms with E-state index in [0.717, 1.165) is 0 Å². The molecule has 1 aromatic rings. The number of aryl methyl sites for hydroxylation is 1. The van der Waals surface area contributed by atoms with E-state index in [2.05, 4.69) is 4.74 Å². The van der Waals surface area contributed by atoms with Gasteiger partial charge in [-0.25, -0.2) is 0 Å². The number of rotatable bonds is 4. The van der Waals surface area contributed by atoms with Crippen LogP contribution in [0.3, 0.4) is 0 Å². The molecule has 0 N–H and O–H groups in total. The molecule has 0 aliphatic heterocycles. The number of Topliss-reactive ketones (excluding diaryl/α,β-unsaturated/α-hetero) is 1. The molecule has 0 saturated heterocycles. The first-order chi connectivity index (χ1) is 7.81. The second kappa shape index (κ2) is 5.40. The van der Waals surface area contributed by atoms with Crippen molar-refractivity contribution < 1.29 is 22.7 Å². The summed E-state index contributed by atoms with van der Waals surface area (Å²) < 4.78 is 39.8. The van der Waals surface area contributed by atoms with Gasteiger partial charge in [-0.15, -0.1) is 24.8 Å². The Labute approximate surface area is 101 Å². The van der Waals surface area contributed by atoms with Crippen LogP contribution in [-0.4, -0.2) is 18.0 Å². The zero-order valence-electron chi connectivity index (χ0n) is 8.97. The number of hydrogen-bond acceptors (Lipinski definition) is 2. The Kier molecular flexibility index (Phi) is 4.40. The van der Waals surface area contributed by atoms with Gasteiger partial charge >= 0.3 is 6.36 Å². The van der Waals surface area contributed by atoms with Crippen LogP contribution < -0.4 is 4.74 Å². The Hall–Kier alpha value is -1.23. The van der Waals surface area contributed by atoms with Gasteiger partial charge in [0.25, 0.3) is 0 Å². The lowest BCUT2D eigenvalue weighted by Gasteiger charge is -2.12. The molecule has 0 radical (unpaired) electrons. The lowest BCUT2D eigenvalue weighted by atomic mass is 10.1. The first kappa shape index (κ1) is 13.8. The first-order valence-electron chi connectivity index (χ1n) is 4.75. The molecule has 94 valence electrons. The third-order valence-electron chi connectivity index (χ3n) is 2.02. The van der Waals surface area contributed by atoms with Gasteiger partial charge < -0.3 is 4.74 Å². The SMILES string of the molecule is Cc1cc(CC(=O)CCl)ccc1OC(F)(F)F. The maximum Gasteiger partial charge on any atom is 0.573 e. The number of alkyl halides is 4. The molecule has 0 fully saturated rings. The lowest BCUT2D eigenvalue weighted by molar-refractivity contribution is -0.274. The van der Waals surface area contributed by atoms with Crippen molar-refractivity contribution in [1.29, 1.82) is 0 Å². The van der Waals surface area contributed by atoms with Gasteiger partial charge in [0.15, 0.2) is 5.78 Å². The van der Waals surface area contributed by atoms with Crippen LogP contribution in [0.5, 0.6) is 5.75 Å². The van der Waals surface area contributed by atoms with Crippen LogP contribution in [0.15, 0.2) is 18.2 Å². The van der Waals surface area contributed by atoms with Gasteiger partial charge in [-0.05, 0) is 24.1 Å². The normalized spacial score (nSPS) is 11.4. The fourth-order valence-corrected chi connectivity index (χ4v) is 1.43. The average molecular weight is 267 g/mol. The fraction of sp³-hybridized carbons (Fsp3) is 0.364. The summed E-state index contributed by atoms with van der Waals surface area (Å²) in [4.78, 5) is 11.1. The highest BCUT2D eigenvalue weighted by atomic mass is 35.5. The predicted octanol–water partition coefficient (Wildman–Crippen LogP) is 3.24. The van der Waals surface area contributed by atoms with Gasteiger partial charge in [0, 0.05) is 6.42 Å². The van der Waals surface area contributed by atoms with Crippen LogP contribution >= 0.6 is 11.6 Å². The van der Waals surface area contributed by atoms with E-state index in [0.29, 0.717) is 11.1 Å². The van der Waals surface area contributed by atoms with Crippen LogP contribution in [0, 0.1) is 6.92 Å². The van der Waals surface area contributed by atoms with Crippen molar-refractivity contribution in [2.75, 3.05) is 5.88 Å². The van der Waals surface area contributed by atoms with Crippen molar-refractivity contribution in [3.8, 4) is 5.75 Å². The Morgan fingerprint density at radius 2 is 2.06 bits per heavy atom. The van der Waals surface area contributed by atoms with E-state index in [-0.39, 0.29) is 23.8 Å². The van der Waals surface area contributed by atoms with Gasteiger partial charge in [0.2, 0.25) is 0 Å². The van der Waals surface area contributed by atoms with Crippen molar-refractivity contribution in [3.63, 3.8) is 0 Å². The Morgan fingerprint density at radius 3 is 2.53 bits per heavy atom. The molecule has 0 saturated carbocycles. The minimum Gasteiger partial charge on any atom is -0.406 e. The van der Waals surface area contributed by atoms with Crippen molar-refractivity contribution in [2.24, 2.45) is 0 Å². The maximum atomic E-state index is 12.0. The molecule has 2 nitrogen and oxygen atoms in total. The molecule has 0 heterocycles. The smallest absolute Gasteiger partial charge is 0.406 e. The van der Waals surface area contributed by atoms with Crippen LogP contribution in [0.4, 0.5) is 13.2 Å². The number of benzene rings is 1. The zero-order chi connectivity index (χ0) is 13.1. The fourth-order valence-electron chi connectivity index (χ4n) is 1.34. The number of ether oxygens (including phenoxy) is 1. The molecule has 0 bridgehead atoms. The molecule has 0 aliphatic rings. The Bertz CT molecular complexity index is 416. The second-order valence-electron chi connectivity index (χ2n) is 3.50. The van der Waals surface area contributed by atoms with Crippen molar-refractivity contribution >= 4 is 17.4 Å². The van der Waals surface area contributed by atoms with E-state index in [4.69, 9.17) is 11.6 Å². The number of ketones is 1. The molecule has 1 aromatic carbocycles. The Morgan fingerprint density at radius 1 is 1.41 bits per heavy atom. The summed E-state index contributed by atoms with van der Waals surface area (Å²) in [6.45, 7) is 1.48. The van der Waals surface area contributed by atoms with Crippen LogP contribution in [0.25, 0.3) is 0 Å². The molecule has 0 amide bonds. The van der Waals surface area contributed by atoms with Gasteiger partial charge in [0.1, 0.15) is 5.75 Å². The molecule has 17 heavy (non-hydrogen) atoms. The molecule has 0 atom stereocenters. The summed E-state index contributed by atoms with van der Waals surface area (Å²) in [5.41, 5.74) is 0.935. The van der Waals surface area contributed by atoms with Crippen LogP contribution in [0.2, 0.25) is 0 Å². The molecule has 0 aromatic heterocycles. The van der Waals surface area contributed by atoms with Gasteiger partial charge in [-0.3, -0.25) is 4.79 Å². The molecule has 1 rings (SSSR count). The van der Waals surface area contributed by atoms with E-state index in [1.165, 1.54) is 25.1 Å². The van der Waals surface area contributed by atoms with Crippen LogP contribution in [0.1, 0.15) is 11.1 Å². The average Bonchev–Trinajstić information content (AvgIpc) is 2.20. The number of carbonyl (C=O) groups is 1. The molecule has 0 aliphatic carbocycles. The van der Waals surface area contributed by atoms with E-state index in [1.54, 1.807) is 0 Å². The monoisotopic (exact) mass is 266 g/mol. The summed E-state index contributed by atoms with van der Waals surface area (Å²) in [5, 5.41) is 0. The quantitative estimate of drug-likeness (QED) is 0.782. The topological polar surface area (TPSA) is 26.3 Å². The van der Waals surface area contributed by atoms with Crippen molar-refractivity contribution in [2.45, 2.75) is 19.7 Å². The van der Waals surface area contributed by atoms with E-state index in [9.17, 15) is 18.0 Å². The van der Waals surface area contributed by atoms with E-state index in [1.807, 2.05) is 0 Å². The molecular formula is C11H10ClF3O2. The zero-order valence-corrected chi connectivity index (χ0v) is 9.73. The van der Waals surface area contributed by atoms with E-state index >= 15 is 0 Å². The van der Waals surface area contributed by atoms with Gasteiger partial charge in [-0.1, -0.05) is 12.1 Å². The second-order valence-corrected chi connectivity index (χ2v) is 3.76. The summed E-state index contributed by atoms with van der Waals surface area (Å²) in [6, 6.07) is 4.09. The Balaban J connectivity index is 2.83.